The van der Waals surface area contributed by atoms with Gasteiger partial charge in [0.25, 0.3) is 0 Å². The smallest absolute Gasteiger partial charge is 0.137 e. The van der Waals surface area contributed by atoms with Crippen LogP contribution in [0.15, 0.2) is 40.9 Å². The first-order valence-corrected chi connectivity index (χ1v) is 7.58. The minimum Gasteiger partial charge on any atom is -0.484 e. The molecule has 0 bridgehead atoms. The van der Waals surface area contributed by atoms with E-state index in [0.29, 0.717) is 6.54 Å². The maximum Gasteiger partial charge on any atom is 0.137 e. The van der Waals surface area contributed by atoms with E-state index in [1.807, 2.05) is 50.2 Å². The van der Waals surface area contributed by atoms with E-state index in [-0.39, 0.29) is 6.10 Å². The van der Waals surface area contributed by atoms with Crippen LogP contribution in [0.25, 0.3) is 0 Å². The Morgan fingerprint density at radius 3 is 2.35 bits per heavy atom. The molecule has 2 aromatic carbocycles. The summed E-state index contributed by atoms with van der Waals surface area (Å²) in [5.74, 6) is 0.788. The van der Waals surface area contributed by atoms with Crippen molar-refractivity contribution in [2.45, 2.75) is 20.0 Å². The number of ether oxygens (including phenoxy) is 1. The summed E-state index contributed by atoms with van der Waals surface area (Å²) in [6.45, 7) is 4.35. The number of halogens is 2. The predicted molar refractivity (Wildman–Crippen MR) is 87.5 cm³/mol. The molecule has 2 N–H and O–H groups in total. The molecular weight excluding hydrogens is 338 g/mol. The van der Waals surface area contributed by atoms with Crippen molar-refractivity contribution >= 4 is 27.5 Å². The first kappa shape index (κ1) is 15.4. The fraction of sp³-hybridized carbons (Fsp3) is 0.250. The van der Waals surface area contributed by atoms with Gasteiger partial charge in [-0.3, -0.25) is 0 Å². The van der Waals surface area contributed by atoms with Crippen LogP contribution in [0.5, 0.6) is 5.75 Å². The Balaban J connectivity index is 2.30. The molecule has 2 rings (SSSR count). The quantitative estimate of drug-likeness (QED) is 0.856. The largest absolute Gasteiger partial charge is 0.484 e. The van der Waals surface area contributed by atoms with E-state index in [1.54, 1.807) is 0 Å². The number of benzene rings is 2. The molecule has 0 fully saturated rings. The van der Waals surface area contributed by atoms with Crippen LogP contribution in [-0.2, 0) is 0 Å². The highest BCUT2D eigenvalue weighted by Crippen LogP contribution is 2.31. The highest BCUT2D eigenvalue weighted by Gasteiger charge is 2.15. The summed E-state index contributed by atoms with van der Waals surface area (Å²) in [6, 6.07) is 11.8. The molecule has 0 aliphatic rings. The van der Waals surface area contributed by atoms with Gasteiger partial charge in [-0.2, -0.15) is 0 Å². The maximum atomic E-state index is 6.17. The molecule has 0 amide bonds. The Bertz CT molecular complexity index is 592. The molecule has 1 unspecified atom stereocenters. The zero-order valence-corrected chi connectivity index (χ0v) is 13.8. The third kappa shape index (κ3) is 3.35. The van der Waals surface area contributed by atoms with E-state index >= 15 is 0 Å². The second-order valence-electron chi connectivity index (χ2n) is 4.73. The van der Waals surface area contributed by atoms with Crippen LogP contribution in [0.1, 0.15) is 22.8 Å². The third-order valence-electron chi connectivity index (χ3n) is 3.15. The average Bonchev–Trinajstić information content (AvgIpc) is 2.43. The first-order chi connectivity index (χ1) is 9.52. The minimum atomic E-state index is -0.189. The van der Waals surface area contributed by atoms with Gasteiger partial charge in [0.15, 0.2) is 0 Å². The molecule has 2 aromatic rings. The van der Waals surface area contributed by atoms with Gasteiger partial charge < -0.3 is 10.5 Å². The normalized spacial score (nSPS) is 12.2. The van der Waals surface area contributed by atoms with Gasteiger partial charge in [-0.1, -0.05) is 45.7 Å². The lowest BCUT2D eigenvalue weighted by Crippen LogP contribution is -2.19. The van der Waals surface area contributed by atoms with Crippen molar-refractivity contribution in [2.75, 3.05) is 6.54 Å². The monoisotopic (exact) mass is 353 g/mol. The zero-order valence-electron chi connectivity index (χ0n) is 11.5. The van der Waals surface area contributed by atoms with Crippen molar-refractivity contribution in [1.82, 2.24) is 0 Å². The van der Waals surface area contributed by atoms with Crippen LogP contribution >= 0.6 is 27.5 Å². The molecule has 2 nitrogen and oxygen atoms in total. The molecule has 106 valence electrons. The van der Waals surface area contributed by atoms with Crippen LogP contribution in [0.3, 0.4) is 0 Å². The summed E-state index contributed by atoms with van der Waals surface area (Å²) in [5, 5.41) is 0.780. The molecule has 0 aromatic heterocycles. The fourth-order valence-corrected chi connectivity index (χ4v) is 2.76. The van der Waals surface area contributed by atoms with Crippen molar-refractivity contribution in [3.8, 4) is 5.75 Å². The van der Waals surface area contributed by atoms with E-state index in [9.17, 15) is 0 Å². The van der Waals surface area contributed by atoms with E-state index in [0.717, 1.165) is 31.9 Å². The van der Waals surface area contributed by atoms with Gasteiger partial charge in [-0.05, 0) is 43.2 Å². The van der Waals surface area contributed by atoms with Crippen molar-refractivity contribution < 1.29 is 4.74 Å². The molecular formula is C16H17BrClNO. The Kier molecular flexibility index (Phi) is 5.08. The van der Waals surface area contributed by atoms with Crippen molar-refractivity contribution in [1.29, 1.82) is 0 Å². The molecule has 0 radical (unpaired) electrons. The van der Waals surface area contributed by atoms with Crippen molar-refractivity contribution in [2.24, 2.45) is 5.73 Å². The number of rotatable bonds is 4. The van der Waals surface area contributed by atoms with E-state index in [1.165, 1.54) is 0 Å². The highest BCUT2D eigenvalue weighted by atomic mass is 79.9. The Morgan fingerprint density at radius 2 is 1.80 bits per heavy atom. The summed E-state index contributed by atoms with van der Waals surface area (Å²) in [4.78, 5) is 0. The van der Waals surface area contributed by atoms with Crippen LogP contribution in [-0.4, -0.2) is 6.54 Å². The Morgan fingerprint density at radius 1 is 1.20 bits per heavy atom. The molecule has 0 saturated carbocycles. The number of hydrogen-bond donors (Lipinski definition) is 1. The number of nitrogens with two attached hydrogens (primary N) is 1. The Labute approximate surface area is 133 Å². The van der Waals surface area contributed by atoms with Crippen LogP contribution in [0, 0.1) is 13.8 Å². The van der Waals surface area contributed by atoms with Gasteiger partial charge in [0.05, 0.1) is 0 Å². The molecule has 0 heterocycles. The summed E-state index contributed by atoms with van der Waals surface area (Å²) in [7, 11) is 0. The number of hydrogen-bond acceptors (Lipinski definition) is 2. The van der Waals surface area contributed by atoms with Gasteiger partial charge in [0, 0.05) is 21.6 Å². The van der Waals surface area contributed by atoms with Gasteiger partial charge in [-0.15, -0.1) is 0 Å². The molecule has 0 spiro atoms. The van der Waals surface area contributed by atoms with E-state index < -0.39 is 0 Å². The standard InChI is InChI=1S/C16H17BrClNO/c1-10-7-12(8-11(2)16(10)18)20-15(9-19)13-5-3-4-6-14(13)17/h3-8,15H,9,19H2,1-2H3. The topological polar surface area (TPSA) is 35.2 Å². The minimum absolute atomic E-state index is 0.189. The molecule has 20 heavy (non-hydrogen) atoms. The molecule has 4 heteroatoms. The van der Waals surface area contributed by atoms with Crippen LogP contribution in [0.4, 0.5) is 0 Å². The lowest BCUT2D eigenvalue weighted by Gasteiger charge is -2.20. The molecule has 0 saturated heterocycles. The molecule has 1 atom stereocenters. The van der Waals surface area contributed by atoms with Gasteiger partial charge in [-0.25, -0.2) is 0 Å². The summed E-state index contributed by atoms with van der Waals surface area (Å²) in [6.07, 6.45) is -0.189. The van der Waals surface area contributed by atoms with Gasteiger partial charge in [0.1, 0.15) is 11.9 Å². The average molecular weight is 355 g/mol. The second-order valence-corrected chi connectivity index (χ2v) is 5.97. The summed E-state index contributed by atoms with van der Waals surface area (Å²) >= 11 is 9.71. The molecule has 0 aliphatic carbocycles. The van der Waals surface area contributed by atoms with Gasteiger partial charge >= 0.3 is 0 Å². The predicted octanol–water partition coefficient (Wildman–Crippen LogP) is 4.80. The van der Waals surface area contributed by atoms with Gasteiger partial charge in [0.2, 0.25) is 0 Å². The second kappa shape index (κ2) is 6.61. The Hall–Kier alpha value is -1.03. The lowest BCUT2D eigenvalue weighted by atomic mass is 10.1. The SMILES string of the molecule is Cc1cc(OC(CN)c2ccccc2Br)cc(C)c1Cl. The highest BCUT2D eigenvalue weighted by molar-refractivity contribution is 9.10. The third-order valence-corrected chi connectivity index (χ3v) is 4.47. The van der Waals surface area contributed by atoms with E-state index in [2.05, 4.69) is 15.9 Å². The van der Waals surface area contributed by atoms with E-state index in [4.69, 9.17) is 22.1 Å². The fourth-order valence-electron chi connectivity index (χ4n) is 2.11. The summed E-state index contributed by atoms with van der Waals surface area (Å²) in [5.41, 5.74) is 8.91. The van der Waals surface area contributed by atoms with Crippen LogP contribution < -0.4 is 10.5 Å². The zero-order chi connectivity index (χ0) is 14.7. The van der Waals surface area contributed by atoms with Crippen molar-refractivity contribution in [3.05, 3.63) is 62.6 Å². The lowest BCUT2D eigenvalue weighted by molar-refractivity contribution is 0.213. The van der Waals surface area contributed by atoms with Crippen molar-refractivity contribution in [3.63, 3.8) is 0 Å². The first-order valence-electron chi connectivity index (χ1n) is 6.41. The maximum absolute atomic E-state index is 6.17. The summed E-state index contributed by atoms with van der Waals surface area (Å²) < 4.78 is 7.03. The van der Waals surface area contributed by atoms with Crippen LogP contribution in [0.2, 0.25) is 5.02 Å². The molecule has 0 aliphatic heterocycles. The number of aryl methyl sites for hydroxylation is 2.